The molecule has 1 heterocycles. The monoisotopic (exact) mass is 385 g/mol. The summed E-state index contributed by atoms with van der Waals surface area (Å²) in [5.74, 6) is -1.88. The van der Waals surface area contributed by atoms with Gasteiger partial charge in [-0.1, -0.05) is 53.5 Å². The predicted octanol–water partition coefficient (Wildman–Crippen LogP) is 4.36. The topological polar surface area (TPSA) is 66.4 Å². The highest BCUT2D eigenvalue weighted by Gasteiger charge is 2.20. The molecule has 0 aliphatic carbocycles. The van der Waals surface area contributed by atoms with Crippen molar-refractivity contribution in [1.29, 1.82) is 0 Å². The third kappa shape index (κ3) is 5.51. The molecule has 1 unspecified atom stereocenters. The average molecular weight is 386 g/mol. The van der Waals surface area contributed by atoms with Gasteiger partial charge in [0.25, 0.3) is 0 Å². The maximum atomic E-state index is 11.9. The van der Waals surface area contributed by atoms with Crippen LogP contribution in [0.2, 0.25) is 8.67 Å². The lowest BCUT2D eigenvalue weighted by Gasteiger charge is -2.13. The minimum atomic E-state index is -0.957. The average Bonchev–Trinajstić information content (AvgIpc) is 2.86. The normalized spacial score (nSPS) is 11.9. The van der Waals surface area contributed by atoms with E-state index >= 15 is 0 Å². The zero-order valence-electron chi connectivity index (χ0n) is 12.8. The quantitative estimate of drug-likeness (QED) is 0.708. The standard InChI is InChI=1S/C17H17Cl2NO3S/c18-14-9-12(16(19)24-14)7-4-8-15(21)20-10-13(17(22)23)11-5-2-1-3-6-11/h1-3,5-6,9,13H,4,7-8,10H2,(H,20,21)(H,22,23). The summed E-state index contributed by atoms with van der Waals surface area (Å²) in [6, 6.07) is 10.7. The van der Waals surface area contributed by atoms with E-state index in [2.05, 4.69) is 5.32 Å². The van der Waals surface area contributed by atoms with Crippen molar-refractivity contribution in [3.63, 3.8) is 0 Å². The number of benzene rings is 1. The van der Waals surface area contributed by atoms with E-state index in [1.165, 1.54) is 11.3 Å². The van der Waals surface area contributed by atoms with E-state index in [0.717, 1.165) is 5.56 Å². The summed E-state index contributed by atoms with van der Waals surface area (Å²) in [5.41, 5.74) is 1.61. The number of amides is 1. The summed E-state index contributed by atoms with van der Waals surface area (Å²) in [6.45, 7) is 0.0726. The maximum absolute atomic E-state index is 11.9. The molecule has 1 aromatic carbocycles. The summed E-state index contributed by atoms with van der Waals surface area (Å²) in [5, 5.41) is 12.0. The van der Waals surface area contributed by atoms with Crippen molar-refractivity contribution in [2.24, 2.45) is 0 Å². The lowest BCUT2D eigenvalue weighted by atomic mass is 9.99. The number of hydrogen-bond acceptors (Lipinski definition) is 3. The molecule has 4 nitrogen and oxygen atoms in total. The van der Waals surface area contributed by atoms with Gasteiger partial charge < -0.3 is 10.4 Å². The summed E-state index contributed by atoms with van der Waals surface area (Å²) in [6.07, 6.45) is 1.60. The van der Waals surface area contributed by atoms with Crippen LogP contribution in [0.15, 0.2) is 36.4 Å². The first kappa shape index (κ1) is 18.8. The van der Waals surface area contributed by atoms with Crippen molar-refractivity contribution in [2.75, 3.05) is 6.54 Å². The van der Waals surface area contributed by atoms with E-state index in [-0.39, 0.29) is 12.5 Å². The molecule has 2 rings (SSSR count). The predicted molar refractivity (Wildman–Crippen MR) is 97.1 cm³/mol. The Bertz CT molecular complexity index is 703. The van der Waals surface area contributed by atoms with E-state index in [4.69, 9.17) is 23.2 Å². The van der Waals surface area contributed by atoms with Crippen molar-refractivity contribution in [3.8, 4) is 0 Å². The Labute approximate surface area is 154 Å². The fraction of sp³-hybridized carbons (Fsp3) is 0.294. The first-order valence-corrected chi connectivity index (χ1v) is 9.02. The number of hydrogen-bond donors (Lipinski definition) is 2. The van der Waals surface area contributed by atoms with E-state index < -0.39 is 11.9 Å². The van der Waals surface area contributed by atoms with E-state index in [1.807, 2.05) is 12.1 Å². The number of aliphatic carboxylic acids is 1. The van der Waals surface area contributed by atoms with Gasteiger partial charge in [-0.25, -0.2) is 0 Å². The molecule has 24 heavy (non-hydrogen) atoms. The van der Waals surface area contributed by atoms with Crippen LogP contribution >= 0.6 is 34.5 Å². The fourth-order valence-corrected chi connectivity index (χ4v) is 3.87. The zero-order valence-corrected chi connectivity index (χ0v) is 15.1. The molecule has 128 valence electrons. The Kier molecular flexibility index (Phi) is 7.09. The number of thiophene rings is 1. The van der Waals surface area contributed by atoms with E-state index in [9.17, 15) is 14.7 Å². The summed E-state index contributed by atoms with van der Waals surface area (Å²) >= 11 is 13.2. The number of carbonyl (C=O) groups excluding carboxylic acids is 1. The molecule has 0 saturated carbocycles. The van der Waals surface area contributed by atoms with Gasteiger partial charge in [-0.15, -0.1) is 11.3 Å². The third-order valence-corrected chi connectivity index (χ3v) is 5.15. The lowest BCUT2D eigenvalue weighted by molar-refractivity contribution is -0.138. The molecule has 1 aromatic heterocycles. The molecule has 1 amide bonds. The highest BCUT2D eigenvalue weighted by Crippen LogP contribution is 2.32. The Hall–Kier alpha value is -1.56. The molecule has 0 fully saturated rings. The van der Waals surface area contributed by atoms with Crippen molar-refractivity contribution in [1.82, 2.24) is 5.32 Å². The second kappa shape index (κ2) is 9.06. The Morgan fingerprint density at radius 2 is 1.92 bits per heavy atom. The van der Waals surface area contributed by atoms with Gasteiger partial charge in [0.1, 0.15) is 0 Å². The number of halogens is 2. The van der Waals surface area contributed by atoms with Gasteiger partial charge in [-0.05, 0) is 30.0 Å². The minimum Gasteiger partial charge on any atom is -0.481 e. The number of rotatable bonds is 8. The number of carboxylic acid groups (broad SMARTS) is 1. The smallest absolute Gasteiger partial charge is 0.312 e. The fourth-order valence-electron chi connectivity index (χ4n) is 2.32. The first-order chi connectivity index (χ1) is 11.5. The second-order valence-electron chi connectivity index (χ2n) is 5.31. The van der Waals surface area contributed by atoms with Gasteiger partial charge in [0.2, 0.25) is 5.91 Å². The van der Waals surface area contributed by atoms with Crippen LogP contribution in [0.1, 0.15) is 29.9 Å². The van der Waals surface area contributed by atoms with Crippen LogP contribution in [-0.2, 0) is 16.0 Å². The SMILES string of the molecule is O=C(CCCc1cc(Cl)sc1Cl)NCC(C(=O)O)c1ccccc1. The van der Waals surface area contributed by atoms with E-state index in [0.29, 0.717) is 33.5 Å². The second-order valence-corrected chi connectivity index (χ2v) is 7.59. The Balaban J connectivity index is 1.79. The summed E-state index contributed by atoms with van der Waals surface area (Å²) < 4.78 is 1.28. The molecular weight excluding hydrogens is 369 g/mol. The highest BCUT2D eigenvalue weighted by atomic mass is 35.5. The Morgan fingerprint density at radius 3 is 2.50 bits per heavy atom. The largest absolute Gasteiger partial charge is 0.481 e. The molecule has 7 heteroatoms. The Morgan fingerprint density at radius 1 is 1.21 bits per heavy atom. The number of aryl methyl sites for hydroxylation is 1. The van der Waals surface area contributed by atoms with Gasteiger partial charge in [0.15, 0.2) is 0 Å². The van der Waals surface area contributed by atoms with Crippen molar-refractivity contribution in [3.05, 3.63) is 56.2 Å². The van der Waals surface area contributed by atoms with Crippen LogP contribution in [0, 0.1) is 0 Å². The molecular formula is C17H17Cl2NO3S. The molecule has 2 aromatic rings. The molecule has 1 atom stereocenters. The number of carbonyl (C=O) groups is 2. The van der Waals surface area contributed by atoms with Crippen LogP contribution in [0.25, 0.3) is 0 Å². The van der Waals surface area contributed by atoms with Crippen LogP contribution in [-0.4, -0.2) is 23.5 Å². The lowest BCUT2D eigenvalue weighted by Crippen LogP contribution is -2.31. The number of nitrogens with one attached hydrogen (secondary N) is 1. The van der Waals surface area contributed by atoms with Crippen LogP contribution in [0.3, 0.4) is 0 Å². The number of carboxylic acids is 1. The van der Waals surface area contributed by atoms with Crippen LogP contribution in [0.5, 0.6) is 0 Å². The molecule has 0 spiro atoms. The summed E-state index contributed by atoms with van der Waals surface area (Å²) in [4.78, 5) is 23.3. The first-order valence-electron chi connectivity index (χ1n) is 7.45. The molecule has 0 bridgehead atoms. The molecule has 0 aliphatic heterocycles. The van der Waals surface area contributed by atoms with Crippen LogP contribution in [0.4, 0.5) is 0 Å². The van der Waals surface area contributed by atoms with Crippen LogP contribution < -0.4 is 5.32 Å². The van der Waals surface area contributed by atoms with Gasteiger partial charge in [-0.3, -0.25) is 9.59 Å². The highest BCUT2D eigenvalue weighted by molar-refractivity contribution is 7.20. The third-order valence-electron chi connectivity index (χ3n) is 3.58. The van der Waals surface area contributed by atoms with Crippen molar-refractivity contribution < 1.29 is 14.7 Å². The van der Waals surface area contributed by atoms with Gasteiger partial charge in [0, 0.05) is 13.0 Å². The maximum Gasteiger partial charge on any atom is 0.312 e. The summed E-state index contributed by atoms with van der Waals surface area (Å²) in [7, 11) is 0. The molecule has 0 radical (unpaired) electrons. The van der Waals surface area contributed by atoms with E-state index in [1.54, 1.807) is 24.3 Å². The molecule has 2 N–H and O–H groups in total. The molecule has 0 aliphatic rings. The van der Waals surface area contributed by atoms with Gasteiger partial charge >= 0.3 is 5.97 Å². The molecule has 0 saturated heterocycles. The van der Waals surface area contributed by atoms with Gasteiger partial charge in [-0.2, -0.15) is 0 Å². The van der Waals surface area contributed by atoms with Crippen molar-refractivity contribution in [2.45, 2.75) is 25.2 Å². The van der Waals surface area contributed by atoms with Gasteiger partial charge in [0.05, 0.1) is 14.6 Å². The van der Waals surface area contributed by atoms with Crippen molar-refractivity contribution >= 4 is 46.4 Å². The zero-order chi connectivity index (χ0) is 17.5. The minimum absolute atomic E-state index is 0.0726.